The number of hydrogen-bond donors (Lipinski definition) is 1. The quantitative estimate of drug-likeness (QED) is 0.814. The summed E-state index contributed by atoms with van der Waals surface area (Å²) in [5.41, 5.74) is 1.42. The molecule has 0 saturated carbocycles. The molecule has 2 aromatic rings. The fraction of sp³-hybridized carbons (Fsp3) is 0.400. The van der Waals surface area contributed by atoms with Gasteiger partial charge in [0, 0.05) is 7.05 Å². The summed E-state index contributed by atoms with van der Waals surface area (Å²) in [7, 11) is 2.69. The Bertz CT molecular complexity index is 777. The number of anilines is 1. The molecule has 0 saturated heterocycles. The Morgan fingerprint density at radius 3 is 2.60 bits per heavy atom. The van der Waals surface area contributed by atoms with Gasteiger partial charge in [-0.1, -0.05) is 17.8 Å². The van der Waals surface area contributed by atoms with Gasteiger partial charge in [0.2, 0.25) is 11.7 Å². The summed E-state index contributed by atoms with van der Waals surface area (Å²) in [5, 5.41) is 8.68. The molecule has 1 aromatic carbocycles. The van der Waals surface area contributed by atoms with Crippen LogP contribution in [0.1, 0.15) is 18.3 Å². The van der Waals surface area contributed by atoms with E-state index < -0.39 is 17.3 Å². The largest absolute Gasteiger partial charge is 0.495 e. The van der Waals surface area contributed by atoms with Crippen LogP contribution in [0, 0.1) is 6.92 Å². The fourth-order valence-electron chi connectivity index (χ4n) is 2.03. The van der Waals surface area contributed by atoms with E-state index in [-0.39, 0.29) is 11.1 Å². The van der Waals surface area contributed by atoms with Crippen LogP contribution in [0.5, 0.6) is 5.75 Å². The highest BCUT2D eigenvalue weighted by Gasteiger charge is 2.37. The summed E-state index contributed by atoms with van der Waals surface area (Å²) < 4.78 is 44.2. The number of methoxy groups -OCH3 is 1. The maximum absolute atomic E-state index is 12.7. The highest BCUT2D eigenvalue weighted by Crippen LogP contribution is 2.31. The summed E-state index contributed by atoms with van der Waals surface area (Å²) >= 11 is 0.889. The lowest BCUT2D eigenvalue weighted by molar-refractivity contribution is -0.147. The molecule has 1 atom stereocenters. The van der Waals surface area contributed by atoms with Crippen molar-refractivity contribution in [2.75, 3.05) is 12.4 Å². The zero-order valence-corrected chi connectivity index (χ0v) is 14.8. The molecule has 1 N–H and O–H groups in total. The number of nitrogens with one attached hydrogen (secondary N) is 1. The average Bonchev–Trinajstić information content (AvgIpc) is 2.88. The van der Waals surface area contributed by atoms with E-state index >= 15 is 0 Å². The Kier molecular flexibility index (Phi) is 5.61. The summed E-state index contributed by atoms with van der Waals surface area (Å²) in [6, 6.07) is 5.31. The molecule has 0 unspecified atom stereocenters. The van der Waals surface area contributed by atoms with Gasteiger partial charge in [-0.3, -0.25) is 4.79 Å². The molecule has 0 radical (unpaired) electrons. The number of aromatic nitrogens is 3. The number of carbonyl (C=O) groups is 1. The second kappa shape index (κ2) is 7.34. The van der Waals surface area contributed by atoms with Gasteiger partial charge >= 0.3 is 6.18 Å². The number of benzene rings is 1. The number of hydrogen-bond acceptors (Lipinski definition) is 5. The van der Waals surface area contributed by atoms with Crippen molar-refractivity contribution in [3.05, 3.63) is 29.6 Å². The summed E-state index contributed by atoms with van der Waals surface area (Å²) in [5.74, 6) is -0.998. The molecule has 0 aliphatic rings. The van der Waals surface area contributed by atoms with E-state index in [2.05, 4.69) is 15.5 Å². The van der Waals surface area contributed by atoms with E-state index in [0.717, 1.165) is 21.9 Å². The molecule has 0 aliphatic carbocycles. The highest BCUT2D eigenvalue weighted by atomic mass is 32.2. The van der Waals surface area contributed by atoms with Crippen molar-refractivity contribution < 1.29 is 22.7 Å². The van der Waals surface area contributed by atoms with Crippen LogP contribution < -0.4 is 10.1 Å². The maximum Gasteiger partial charge on any atom is 0.451 e. The number of ether oxygens (including phenoxy) is 1. The van der Waals surface area contributed by atoms with Crippen molar-refractivity contribution >= 4 is 23.4 Å². The summed E-state index contributed by atoms with van der Waals surface area (Å²) in [6.07, 6.45) is -4.60. The number of carbonyl (C=O) groups excluding carboxylic acids is 1. The normalized spacial score (nSPS) is 12.8. The van der Waals surface area contributed by atoms with Crippen LogP contribution in [0.2, 0.25) is 0 Å². The van der Waals surface area contributed by atoms with E-state index in [1.54, 1.807) is 19.1 Å². The average molecular weight is 374 g/mol. The lowest BCUT2D eigenvalue weighted by Gasteiger charge is -2.14. The molecule has 0 fully saturated rings. The molecular formula is C15H17F3N4O2S. The standard InChI is InChI=1S/C15H17F3N4O2S/c1-8-5-6-11(24-4)10(7-8)19-12(23)9(2)25-14-21-20-13(22(14)3)15(16,17)18/h5-7,9H,1-4H3,(H,19,23)/t9-/m0/s1. The lowest BCUT2D eigenvalue weighted by Crippen LogP contribution is -2.23. The highest BCUT2D eigenvalue weighted by molar-refractivity contribution is 8.00. The Morgan fingerprint density at radius 1 is 1.36 bits per heavy atom. The monoisotopic (exact) mass is 374 g/mol. The first-order chi connectivity index (χ1) is 11.6. The van der Waals surface area contributed by atoms with Gasteiger partial charge in [-0.25, -0.2) is 0 Å². The minimum Gasteiger partial charge on any atom is -0.495 e. The summed E-state index contributed by atoms with van der Waals surface area (Å²) in [4.78, 5) is 12.3. The molecule has 136 valence electrons. The number of aryl methyl sites for hydroxylation is 1. The van der Waals surface area contributed by atoms with Gasteiger partial charge in [-0.05, 0) is 31.5 Å². The van der Waals surface area contributed by atoms with Crippen molar-refractivity contribution in [1.82, 2.24) is 14.8 Å². The minimum absolute atomic E-state index is 0.00572. The topological polar surface area (TPSA) is 69.0 Å². The third kappa shape index (κ3) is 4.44. The molecule has 2 rings (SSSR count). The minimum atomic E-state index is -4.60. The third-order valence-electron chi connectivity index (χ3n) is 3.35. The molecule has 6 nitrogen and oxygen atoms in total. The zero-order valence-electron chi connectivity index (χ0n) is 14.0. The van der Waals surface area contributed by atoms with E-state index in [0.29, 0.717) is 11.4 Å². The Morgan fingerprint density at radius 2 is 2.04 bits per heavy atom. The number of halogens is 3. The number of amides is 1. The van der Waals surface area contributed by atoms with E-state index in [1.165, 1.54) is 14.2 Å². The third-order valence-corrected chi connectivity index (χ3v) is 4.49. The fourth-order valence-corrected chi connectivity index (χ4v) is 2.84. The van der Waals surface area contributed by atoms with Crippen LogP contribution in [-0.2, 0) is 18.0 Å². The van der Waals surface area contributed by atoms with Crippen LogP contribution in [0.15, 0.2) is 23.4 Å². The van der Waals surface area contributed by atoms with E-state index in [4.69, 9.17) is 4.74 Å². The van der Waals surface area contributed by atoms with Crippen LogP contribution in [0.3, 0.4) is 0 Å². The smallest absolute Gasteiger partial charge is 0.451 e. The number of alkyl halides is 3. The first-order valence-electron chi connectivity index (χ1n) is 7.22. The van der Waals surface area contributed by atoms with Gasteiger partial charge in [-0.2, -0.15) is 13.2 Å². The molecule has 10 heteroatoms. The van der Waals surface area contributed by atoms with Crippen molar-refractivity contribution in [2.24, 2.45) is 7.05 Å². The molecule has 1 heterocycles. The van der Waals surface area contributed by atoms with Crippen molar-refractivity contribution in [3.8, 4) is 5.75 Å². The molecule has 1 aromatic heterocycles. The van der Waals surface area contributed by atoms with E-state index in [1.807, 2.05) is 13.0 Å². The van der Waals surface area contributed by atoms with Gasteiger partial charge in [-0.15, -0.1) is 10.2 Å². The molecule has 1 amide bonds. The first-order valence-corrected chi connectivity index (χ1v) is 8.10. The lowest BCUT2D eigenvalue weighted by atomic mass is 10.2. The number of thioether (sulfide) groups is 1. The van der Waals surface area contributed by atoms with Gasteiger partial charge in [0.15, 0.2) is 5.16 Å². The van der Waals surface area contributed by atoms with Crippen molar-refractivity contribution in [1.29, 1.82) is 0 Å². The number of rotatable bonds is 5. The molecule has 0 aliphatic heterocycles. The van der Waals surface area contributed by atoms with Crippen LogP contribution in [-0.4, -0.2) is 33.0 Å². The second-order valence-corrected chi connectivity index (χ2v) is 6.62. The number of nitrogens with zero attached hydrogens (tertiary/aromatic N) is 3. The predicted octanol–water partition coefficient (Wildman–Crippen LogP) is 3.27. The van der Waals surface area contributed by atoms with E-state index in [9.17, 15) is 18.0 Å². The SMILES string of the molecule is COc1ccc(C)cc1NC(=O)[C@H](C)Sc1nnc(C(F)(F)F)n1C. The predicted molar refractivity (Wildman–Crippen MR) is 87.7 cm³/mol. The first kappa shape index (κ1) is 19.1. The Hall–Kier alpha value is -2.23. The Labute approximate surface area is 146 Å². The van der Waals surface area contributed by atoms with Gasteiger partial charge in [0.25, 0.3) is 0 Å². The van der Waals surface area contributed by atoms with Crippen molar-refractivity contribution in [3.63, 3.8) is 0 Å². The second-order valence-electron chi connectivity index (χ2n) is 5.32. The van der Waals surface area contributed by atoms with Crippen LogP contribution in [0.4, 0.5) is 18.9 Å². The maximum atomic E-state index is 12.7. The van der Waals surface area contributed by atoms with Crippen LogP contribution >= 0.6 is 11.8 Å². The van der Waals surface area contributed by atoms with Gasteiger partial charge in [0.05, 0.1) is 18.0 Å². The van der Waals surface area contributed by atoms with Gasteiger partial charge in [0.1, 0.15) is 5.75 Å². The molecule has 0 spiro atoms. The van der Waals surface area contributed by atoms with Gasteiger partial charge < -0.3 is 14.6 Å². The van der Waals surface area contributed by atoms with Crippen LogP contribution in [0.25, 0.3) is 0 Å². The molecular weight excluding hydrogens is 357 g/mol. The summed E-state index contributed by atoms with van der Waals surface area (Å²) in [6.45, 7) is 3.44. The molecule has 25 heavy (non-hydrogen) atoms. The Balaban J connectivity index is 2.12. The molecule has 0 bridgehead atoms. The zero-order chi connectivity index (χ0) is 18.8. The van der Waals surface area contributed by atoms with Crippen molar-refractivity contribution in [2.45, 2.75) is 30.4 Å².